The molecular weight excluding hydrogens is 399 g/mol. The molecule has 0 aliphatic carbocycles. The summed E-state index contributed by atoms with van der Waals surface area (Å²) in [6, 6.07) is 4.02. The quantitative estimate of drug-likeness (QED) is 0.585. The van der Waals surface area contributed by atoms with Crippen molar-refractivity contribution < 1.29 is 35.7 Å². The molecule has 0 spiro atoms. The topological polar surface area (TPSA) is 83.9 Å². The Kier molecular flexibility index (Phi) is 5.94. The highest BCUT2D eigenvalue weighted by atomic mass is 32.2. The normalized spacial score (nSPS) is 17.4. The highest BCUT2D eigenvalue weighted by Gasteiger charge is 2.49. The lowest BCUT2D eigenvalue weighted by molar-refractivity contribution is -0.0500. The number of nitrogens with zero attached hydrogens (tertiary/aromatic N) is 1. The van der Waals surface area contributed by atoms with Gasteiger partial charge in [0, 0.05) is 18.5 Å². The lowest BCUT2D eigenvalue weighted by Gasteiger charge is -2.44. The number of hydrogen-bond acceptors (Lipinski definition) is 4. The van der Waals surface area contributed by atoms with Crippen LogP contribution in [0, 0.1) is 11.8 Å². The molecule has 2 rings (SSSR count). The molecular formula is C18H24F3NO5S. The molecule has 158 valence electrons. The molecule has 0 radical (unpaired) electrons. The highest BCUT2D eigenvalue weighted by Crippen LogP contribution is 2.44. The van der Waals surface area contributed by atoms with Crippen LogP contribution in [0.3, 0.4) is 0 Å². The molecule has 0 saturated carbocycles. The summed E-state index contributed by atoms with van der Waals surface area (Å²) in [6.07, 6.45) is -0.832. The Morgan fingerprint density at radius 1 is 1.21 bits per heavy atom. The lowest BCUT2D eigenvalue weighted by Crippen LogP contribution is -2.48. The predicted octanol–water partition coefficient (Wildman–Crippen LogP) is 4.00. The van der Waals surface area contributed by atoms with E-state index < -0.39 is 32.9 Å². The van der Waals surface area contributed by atoms with Crippen LogP contribution in [0.5, 0.6) is 5.75 Å². The first-order valence-corrected chi connectivity index (χ1v) is 10.2. The van der Waals surface area contributed by atoms with E-state index in [0.717, 1.165) is 5.56 Å². The van der Waals surface area contributed by atoms with Crippen LogP contribution in [0.2, 0.25) is 0 Å². The Hall–Kier alpha value is -1.97. The first-order valence-electron chi connectivity index (χ1n) is 8.84. The summed E-state index contributed by atoms with van der Waals surface area (Å²) in [5, 5.41) is 9.53. The average molecular weight is 423 g/mol. The minimum absolute atomic E-state index is 0.0249. The molecule has 0 aromatic heterocycles. The van der Waals surface area contributed by atoms with Gasteiger partial charge in [0.05, 0.1) is 0 Å². The third-order valence-electron chi connectivity index (χ3n) is 5.50. The molecule has 0 bridgehead atoms. The van der Waals surface area contributed by atoms with Gasteiger partial charge in [-0.1, -0.05) is 33.8 Å². The van der Waals surface area contributed by atoms with E-state index in [1.807, 2.05) is 27.7 Å². The van der Waals surface area contributed by atoms with Gasteiger partial charge in [-0.25, -0.2) is 4.79 Å². The second-order valence-electron chi connectivity index (χ2n) is 7.61. The highest BCUT2D eigenvalue weighted by molar-refractivity contribution is 7.88. The number of alkyl halides is 3. The molecule has 1 heterocycles. The van der Waals surface area contributed by atoms with Crippen LogP contribution in [0.4, 0.5) is 18.0 Å². The average Bonchev–Trinajstić information content (AvgIpc) is 2.71. The van der Waals surface area contributed by atoms with Crippen LogP contribution in [0.25, 0.3) is 0 Å². The molecule has 1 aliphatic heterocycles. The summed E-state index contributed by atoms with van der Waals surface area (Å²) in [6.45, 7) is 8.26. The molecule has 6 nitrogen and oxygen atoms in total. The molecule has 1 N–H and O–H groups in total. The Morgan fingerprint density at radius 3 is 2.25 bits per heavy atom. The van der Waals surface area contributed by atoms with E-state index in [4.69, 9.17) is 0 Å². The van der Waals surface area contributed by atoms with Crippen molar-refractivity contribution >= 4 is 16.2 Å². The maximum absolute atomic E-state index is 12.6. The van der Waals surface area contributed by atoms with Gasteiger partial charge in [-0.05, 0) is 41.5 Å². The third kappa shape index (κ3) is 3.92. The first-order chi connectivity index (χ1) is 12.7. The van der Waals surface area contributed by atoms with Crippen LogP contribution in [0.15, 0.2) is 18.2 Å². The van der Waals surface area contributed by atoms with Crippen molar-refractivity contribution in [3.05, 3.63) is 29.3 Å². The molecule has 0 saturated heterocycles. The molecule has 1 aliphatic rings. The molecule has 1 aromatic carbocycles. The van der Waals surface area contributed by atoms with Crippen LogP contribution in [-0.2, 0) is 22.0 Å². The fourth-order valence-corrected chi connectivity index (χ4v) is 4.46. The van der Waals surface area contributed by atoms with E-state index in [2.05, 4.69) is 4.18 Å². The fraction of sp³-hybridized carbons (Fsp3) is 0.611. The maximum atomic E-state index is 12.6. The summed E-state index contributed by atoms with van der Waals surface area (Å²) in [5.74, 6) is -0.394. The van der Waals surface area contributed by atoms with Crippen LogP contribution < -0.4 is 4.18 Å². The Labute approximate surface area is 162 Å². The number of carboxylic acid groups (broad SMARTS) is 1. The summed E-state index contributed by atoms with van der Waals surface area (Å²) >= 11 is 0. The zero-order chi connectivity index (χ0) is 21.5. The van der Waals surface area contributed by atoms with E-state index in [-0.39, 0.29) is 31.3 Å². The molecule has 0 atom stereocenters. The van der Waals surface area contributed by atoms with Gasteiger partial charge in [0.2, 0.25) is 0 Å². The van der Waals surface area contributed by atoms with Gasteiger partial charge >= 0.3 is 21.7 Å². The number of rotatable bonds is 4. The van der Waals surface area contributed by atoms with E-state index in [1.165, 1.54) is 17.0 Å². The van der Waals surface area contributed by atoms with Gasteiger partial charge < -0.3 is 14.2 Å². The van der Waals surface area contributed by atoms with Crippen molar-refractivity contribution in [1.29, 1.82) is 0 Å². The van der Waals surface area contributed by atoms with Crippen molar-refractivity contribution in [2.75, 3.05) is 13.1 Å². The molecule has 0 fully saturated rings. The van der Waals surface area contributed by atoms with Crippen molar-refractivity contribution in [3.63, 3.8) is 0 Å². The summed E-state index contributed by atoms with van der Waals surface area (Å²) in [4.78, 5) is 13.0. The van der Waals surface area contributed by atoms with Crippen LogP contribution in [-0.4, -0.2) is 43.1 Å². The van der Waals surface area contributed by atoms with Crippen molar-refractivity contribution in [2.24, 2.45) is 11.8 Å². The monoisotopic (exact) mass is 423 g/mol. The van der Waals surface area contributed by atoms with Gasteiger partial charge in [-0.3, -0.25) is 0 Å². The largest absolute Gasteiger partial charge is 0.534 e. The van der Waals surface area contributed by atoms with Crippen LogP contribution >= 0.6 is 0 Å². The first kappa shape index (κ1) is 22.3. The summed E-state index contributed by atoms with van der Waals surface area (Å²) in [5.41, 5.74) is -4.72. The molecule has 10 heteroatoms. The fourth-order valence-electron chi connectivity index (χ4n) is 4.01. The molecule has 28 heavy (non-hydrogen) atoms. The SMILES string of the molecule is CC(C)C1(C(C)C)CN(C(=O)O)CCc2cc(OS(=O)(=O)C(F)(F)F)ccc21. The maximum Gasteiger partial charge on any atom is 0.534 e. The van der Waals surface area contributed by atoms with Gasteiger partial charge in [0.15, 0.2) is 0 Å². The molecule has 0 unspecified atom stereocenters. The lowest BCUT2D eigenvalue weighted by atomic mass is 9.63. The van der Waals surface area contributed by atoms with E-state index in [0.29, 0.717) is 5.56 Å². The van der Waals surface area contributed by atoms with Crippen LogP contribution in [0.1, 0.15) is 38.8 Å². The summed E-state index contributed by atoms with van der Waals surface area (Å²) in [7, 11) is -5.78. The van der Waals surface area contributed by atoms with E-state index >= 15 is 0 Å². The minimum Gasteiger partial charge on any atom is -0.465 e. The van der Waals surface area contributed by atoms with E-state index in [1.54, 1.807) is 6.07 Å². The Bertz CT molecular complexity index is 841. The van der Waals surface area contributed by atoms with E-state index in [9.17, 15) is 31.5 Å². The Balaban J connectivity index is 2.59. The number of amides is 1. The standard InChI is InChI=1S/C18H24F3NO5S/c1-11(2)17(12(3)4)10-22(16(23)24)8-7-13-9-14(5-6-15(13)17)27-28(25,26)18(19,20)21/h5-6,9,11-12H,7-8,10H2,1-4H3,(H,23,24). The minimum atomic E-state index is -5.78. The number of carbonyl (C=O) groups is 1. The second-order valence-corrected chi connectivity index (χ2v) is 9.14. The number of fused-ring (bicyclic) bond motifs is 1. The van der Waals surface area contributed by atoms with Crippen molar-refractivity contribution in [2.45, 2.75) is 45.0 Å². The Morgan fingerprint density at radius 2 is 1.79 bits per heavy atom. The second kappa shape index (κ2) is 7.46. The van der Waals surface area contributed by atoms with Gasteiger partial charge in [-0.15, -0.1) is 0 Å². The zero-order valence-corrected chi connectivity index (χ0v) is 16.9. The van der Waals surface area contributed by atoms with Gasteiger partial charge in [0.25, 0.3) is 0 Å². The number of halogens is 3. The molecule has 1 aromatic rings. The third-order valence-corrected chi connectivity index (χ3v) is 6.48. The van der Waals surface area contributed by atoms with Crippen molar-refractivity contribution in [1.82, 2.24) is 4.90 Å². The summed E-state index contributed by atoms with van der Waals surface area (Å²) < 4.78 is 64.7. The van der Waals surface area contributed by atoms with Gasteiger partial charge in [-0.2, -0.15) is 21.6 Å². The zero-order valence-electron chi connectivity index (χ0n) is 16.1. The van der Waals surface area contributed by atoms with Crippen molar-refractivity contribution in [3.8, 4) is 5.75 Å². The van der Waals surface area contributed by atoms with Gasteiger partial charge in [0.1, 0.15) is 5.75 Å². The number of hydrogen-bond donors (Lipinski definition) is 1. The molecule has 1 amide bonds. The number of benzene rings is 1. The smallest absolute Gasteiger partial charge is 0.465 e. The predicted molar refractivity (Wildman–Crippen MR) is 96.7 cm³/mol.